The predicted octanol–water partition coefficient (Wildman–Crippen LogP) is 3.79. The predicted molar refractivity (Wildman–Crippen MR) is 134 cm³/mol. The van der Waals surface area contributed by atoms with Gasteiger partial charge in [0.25, 0.3) is 0 Å². The number of carbonyl (C=O) groups excluding carboxylic acids is 2. The number of ether oxygens (including phenoxy) is 5. The molecule has 196 valence electrons. The van der Waals surface area contributed by atoms with Crippen molar-refractivity contribution in [1.82, 2.24) is 0 Å². The number of rotatable bonds is 12. The van der Waals surface area contributed by atoms with Crippen LogP contribution in [0.3, 0.4) is 0 Å². The second-order valence-electron chi connectivity index (χ2n) is 7.59. The van der Waals surface area contributed by atoms with E-state index in [0.29, 0.717) is 11.1 Å². The Labute approximate surface area is 213 Å². The molecule has 0 unspecified atom stereocenters. The lowest BCUT2D eigenvalue weighted by Gasteiger charge is -2.15. The van der Waals surface area contributed by atoms with Crippen molar-refractivity contribution in [2.75, 3.05) is 33.5 Å². The summed E-state index contributed by atoms with van der Waals surface area (Å²) >= 11 is 0. The average molecular weight is 513 g/mol. The second-order valence-corrected chi connectivity index (χ2v) is 7.59. The van der Waals surface area contributed by atoms with Crippen LogP contribution in [0.1, 0.15) is 19.4 Å². The van der Waals surface area contributed by atoms with E-state index < -0.39 is 30.6 Å². The molecule has 0 bridgehead atoms. The monoisotopic (exact) mass is 512 g/mol. The number of phenols is 1. The van der Waals surface area contributed by atoms with Gasteiger partial charge in [-0.2, -0.15) is 0 Å². The van der Waals surface area contributed by atoms with Gasteiger partial charge in [0.05, 0.1) is 20.3 Å². The average Bonchev–Trinajstić information content (AvgIpc) is 2.87. The molecule has 1 N–H and O–H groups in total. The van der Waals surface area contributed by atoms with Gasteiger partial charge in [0.1, 0.15) is 28.2 Å². The van der Waals surface area contributed by atoms with E-state index in [1.165, 1.54) is 25.3 Å². The van der Waals surface area contributed by atoms with Crippen molar-refractivity contribution in [2.24, 2.45) is 0 Å². The molecule has 1 heterocycles. The molecule has 0 aliphatic carbocycles. The Kier molecular flexibility index (Phi) is 9.15. The molecule has 0 aliphatic heterocycles. The van der Waals surface area contributed by atoms with Gasteiger partial charge < -0.3 is 33.2 Å². The summed E-state index contributed by atoms with van der Waals surface area (Å²) in [6, 6.07) is 7.26. The third kappa shape index (κ3) is 6.40. The number of fused-ring (bicyclic) bond motifs is 1. The summed E-state index contributed by atoms with van der Waals surface area (Å²) < 4.78 is 32.1. The molecule has 2 aromatic carbocycles. The first kappa shape index (κ1) is 27.1. The first-order valence-electron chi connectivity index (χ1n) is 11.5. The number of hydrogen-bond acceptors (Lipinski definition) is 10. The van der Waals surface area contributed by atoms with Crippen molar-refractivity contribution >= 4 is 22.9 Å². The number of aromatic hydroxyl groups is 1. The van der Waals surface area contributed by atoms with E-state index in [2.05, 4.69) is 6.58 Å². The zero-order chi connectivity index (χ0) is 26.9. The van der Waals surface area contributed by atoms with E-state index in [0.717, 1.165) is 0 Å². The van der Waals surface area contributed by atoms with Crippen molar-refractivity contribution in [3.8, 4) is 34.3 Å². The van der Waals surface area contributed by atoms with Crippen LogP contribution >= 0.6 is 0 Å². The van der Waals surface area contributed by atoms with Crippen LogP contribution in [0, 0.1) is 0 Å². The van der Waals surface area contributed by atoms with Crippen LogP contribution in [0.2, 0.25) is 0 Å². The van der Waals surface area contributed by atoms with Gasteiger partial charge in [0.2, 0.25) is 0 Å². The lowest BCUT2D eigenvalue weighted by Crippen LogP contribution is -2.16. The molecule has 10 heteroatoms. The third-order valence-electron chi connectivity index (χ3n) is 5.16. The molecule has 0 atom stereocenters. The number of methoxy groups -OCH3 is 1. The summed E-state index contributed by atoms with van der Waals surface area (Å²) in [6.45, 7) is 6.55. The van der Waals surface area contributed by atoms with E-state index >= 15 is 0 Å². The fraction of sp³-hybridized carbons (Fsp3) is 0.296. The summed E-state index contributed by atoms with van der Waals surface area (Å²) in [6.07, 6.45) is 1.87. The zero-order valence-corrected chi connectivity index (χ0v) is 20.8. The number of hydrogen-bond donors (Lipinski definition) is 1. The van der Waals surface area contributed by atoms with E-state index in [4.69, 9.17) is 28.1 Å². The van der Waals surface area contributed by atoms with Crippen LogP contribution in [0.4, 0.5) is 0 Å². The Morgan fingerprint density at radius 2 is 1.68 bits per heavy atom. The SMILES string of the molecule is C=CCc1c(-c2cc(=O)c3c(OCC(=O)OCC)cc(OCC(=O)OCC)cc3o2)ccc(OC)c1O. The first-order valence-corrected chi connectivity index (χ1v) is 11.5. The molecular weight excluding hydrogens is 484 g/mol. The number of esters is 2. The van der Waals surface area contributed by atoms with Crippen molar-refractivity contribution in [2.45, 2.75) is 20.3 Å². The molecule has 3 aromatic rings. The zero-order valence-electron chi connectivity index (χ0n) is 20.8. The van der Waals surface area contributed by atoms with Crippen molar-refractivity contribution in [1.29, 1.82) is 0 Å². The molecule has 0 spiro atoms. The highest BCUT2D eigenvalue weighted by atomic mass is 16.6. The van der Waals surface area contributed by atoms with Gasteiger partial charge in [-0.25, -0.2) is 9.59 Å². The summed E-state index contributed by atoms with van der Waals surface area (Å²) in [5.41, 5.74) is 0.504. The van der Waals surface area contributed by atoms with E-state index in [9.17, 15) is 19.5 Å². The quantitative estimate of drug-likeness (QED) is 0.282. The van der Waals surface area contributed by atoms with Crippen LogP contribution < -0.4 is 19.6 Å². The van der Waals surface area contributed by atoms with Crippen LogP contribution in [-0.2, 0) is 25.5 Å². The lowest BCUT2D eigenvalue weighted by molar-refractivity contribution is -0.146. The second kappa shape index (κ2) is 12.5. The highest BCUT2D eigenvalue weighted by molar-refractivity contribution is 5.87. The van der Waals surface area contributed by atoms with Gasteiger partial charge in [-0.1, -0.05) is 6.08 Å². The Bertz CT molecular complexity index is 1360. The van der Waals surface area contributed by atoms with Crippen molar-refractivity contribution in [3.05, 3.63) is 58.8 Å². The van der Waals surface area contributed by atoms with E-state index in [1.54, 1.807) is 32.1 Å². The van der Waals surface area contributed by atoms with Crippen molar-refractivity contribution < 1.29 is 42.8 Å². The number of phenolic OH excluding ortho intramolecular Hbond substituents is 1. The van der Waals surface area contributed by atoms with Gasteiger partial charge in [0, 0.05) is 29.3 Å². The normalized spacial score (nSPS) is 10.6. The highest BCUT2D eigenvalue weighted by Gasteiger charge is 2.20. The maximum Gasteiger partial charge on any atom is 0.344 e. The standard InChI is InChI=1S/C27H28O10/c1-5-8-18-17(9-10-20(32-4)27(18)31)21-13-19(28)26-22(36-15-25(30)34-7-3)11-16(12-23(26)37-21)35-14-24(29)33-6-2/h5,9-13,31H,1,6-8,14-15H2,2-4H3. The Morgan fingerprint density at radius 1 is 1.00 bits per heavy atom. The first-order chi connectivity index (χ1) is 17.8. The molecule has 0 aliphatic rings. The Morgan fingerprint density at radius 3 is 2.30 bits per heavy atom. The third-order valence-corrected chi connectivity index (χ3v) is 5.16. The minimum absolute atomic E-state index is 0.00797. The van der Waals surface area contributed by atoms with Crippen LogP contribution in [0.15, 0.2) is 52.2 Å². The van der Waals surface area contributed by atoms with Gasteiger partial charge in [0.15, 0.2) is 30.1 Å². The molecule has 0 radical (unpaired) electrons. The molecule has 0 amide bonds. The van der Waals surface area contributed by atoms with Crippen LogP contribution in [0.25, 0.3) is 22.3 Å². The molecular formula is C27H28O10. The van der Waals surface area contributed by atoms with Crippen LogP contribution in [-0.4, -0.2) is 50.6 Å². The van der Waals surface area contributed by atoms with Crippen molar-refractivity contribution in [3.63, 3.8) is 0 Å². The minimum Gasteiger partial charge on any atom is -0.504 e. The smallest absolute Gasteiger partial charge is 0.344 e. The fourth-order valence-corrected chi connectivity index (χ4v) is 3.60. The summed E-state index contributed by atoms with van der Waals surface area (Å²) in [4.78, 5) is 36.8. The Hall–Kier alpha value is -4.47. The number of benzene rings is 2. The summed E-state index contributed by atoms with van der Waals surface area (Å²) in [5.74, 6) is -0.754. The maximum atomic E-state index is 13.2. The van der Waals surface area contributed by atoms with Gasteiger partial charge >= 0.3 is 11.9 Å². The molecule has 1 aromatic heterocycles. The van der Waals surface area contributed by atoms with E-state index in [1.807, 2.05) is 0 Å². The number of allylic oxidation sites excluding steroid dienone is 1. The highest BCUT2D eigenvalue weighted by Crippen LogP contribution is 2.39. The van der Waals surface area contributed by atoms with Gasteiger partial charge in [-0.15, -0.1) is 6.58 Å². The summed E-state index contributed by atoms with van der Waals surface area (Å²) in [7, 11) is 1.43. The Balaban J connectivity index is 2.14. The van der Waals surface area contributed by atoms with Crippen LogP contribution in [0.5, 0.6) is 23.0 Å². The topological polar surface area (TPSA) is 131 Å². The molecule has 0 saturated carbocycles. The molecule has 0 fully saturated rings. The number of carbonyl (C=O) groups is 2. The summed E-state index contributed by atoms with van der Waals surface area (Å²) in [5, 5.41) is 10.7. The minimum atomic E-state index is -0.628. The van der Waals surface area contributed by atoms with Gasteiger partial charge in [-0.3, -0.25) is 4.79 Å². The fourth-order valence-electron chi connectivity index (χ4n) is 3.60. The van der Waals surface area contributed by atoms with E-state index in [-0.39, 0.29) is 59.4 Å². The van der Waals surface area contributed by atoms with Gasteiger partial charge in [-0.05, 0) is 32.4 Å². The largest absolute Gasteiger partial charge is 0.504 e. The molecule has 3 rings (SSSR count). The molecule has 0 saturated heterocycles. The molecule has 10 nitrogen and oxygen atoms in total. The maximum absolute atomic E-state index is 13.2. The molecule has 37 heavy (non-hydrogen) atoms. The lowest BCUT2D eigenvalue weighted by atomic mass is 9.99.